The van der Waals surface area contributed by atoms with Crippen LogP contribution >= 0.6 is 0 Å². The van der Waals surface area contributed by atoms with Crippen LogP contribution in [0, 0.1) is 17.8 Å². The van der Waals surface area contributed by atoms with Crippen molar-refractivity contribution in [1.82, 2.24) is 0 Å². The molecule has 20 heavy (non-hydrogen) atoms. The molecule has 0 heterocycles. The molecule has 0 aliphatic heterocycles. The van der Waals surface area contributed by atoms with Crippen LogP contribution in [0.5, 0.6) is 0 Å². The molecule has 1 rings (SSSR count). The maximum Gasteiger partial charge on any atom is 0.313 e. The van der Waals surface area contributed by atoms with Crippen LogP contribution in [0.25, 0.3) is 0 Å². The highest BCUT2D eigenvalue weighted by atomic mass is 16.5. The number of Topliss-reactive ketones (excluding diaryl/α,β-unsaturated/α-hetero) is 1. The van der Waals surface area contributed by atoms with Crippen LogP contribution in [0.1, 0.15) is 34.6 Å². The molecule has 3 unspecified atom stereocenters. The van der Waals surface area contributed by atoms with Gasteiger partial charge in [0.15, 0.2) is 5.78 Å². The predicted molar refractivity (Wildman–Crippen MR) is 76.0 cm³/mol. The Bertz CT molecular complexity index is 481. The van der Waals surface area contributed by atoms with Gasteiger partial charge in [-0.15, -0.1) is 0 Å². The molecule has 0 bridgehead atoms. The van der Waals surface area contributed by atoms with Crippen LogP contribution in [0.4, 0.5) is 0 Å². The van der Waals surface area contributed by atoms with E-state index in [2.05, 4.69) is 0 Å². The number of ketones is 2. The largest absolute Gasteiger partial charge is 0.466 e. The Labute approximate surface area is 119 Å². The van der Waals surface area contributed by atoms with Crippen LogP contribution in [-0.4, -0.2) is 24.1 Å². The summed E-state index contributed by atoms with van der Waals surface area (Å²) in [5.74, 6) is -2.61. The van der Waals surface area contributed by atoms with Gasteiger partial charge in [-0.3, -0.25) is 14.4 Å². The fourth-order valence-electron chi connectivity index (χ4n) is 2.71. The van der Waals surface area contributed by atoms with Gasteiger partial charge in [-0.2, -0.15) is 0 Å². The van der Waals surface area contributed by atoms with E-state index in [-0.39, 0.29) is 24.1 Å². The molecular formula is C16H22O4. The Balaban J connectivity index is 3.32. The van der Waals surface area contributed by atoms with Crippen molar-refractivity contribution in [3.8, 4) is 0 Å². The molecule has 0 saturated carbocycles. The van der Waals surface area contributed by atoms with Gasteiger partial charge in [0.25, 0.3) is 0 Å². The maximum atomic E-state index is 12.2. The van der Waals surface area contributed by atoms with Crippen molar-refractivity contribution in [2.75, 3.05) is 6.61 Å². The number of carbonyl (C=O) groups is 3. The highest BCUT2D eigenvalue weighted by molar-refractivity contribution is 6.09. The van der Waals surface area contributed by atoms with E-state index < -0.39 is 17.8 Å². The number of hydrogen-bond acceptors (Lipinski definition) is 4. The second-order valence-corrected chi connectivity index (χ2v) is 5.43. The summed E-state index contributed by atoms with van der Waals surface area (Å²) in [5, 5.41) is 0. The summed E-state index contributed by atoms with van der Waals surface area (Å²) in [6.07, 6.45) is 3.24. The number of hydrogen-bond donors (Lipinski definition) is 0. The van der Waals surface area contributed by atoms with Gasteiger partial charge in [-0.25, -0.2) is 0 Å². The van der Waals surface area contributed by atoms with Crippen molar-refractivity contribution in [1.29, 1.82) is 0 Å². The van der Waals surface area contributed by atoms with Crippen LogP contribution in [-0.2, 0) is 19.1 Å². The summed E-state index contributed by atoms with van der Waals surface area (Å²) in [4.78, 5) is 36.0. The zero-order chi connectivity index (χ0) is 15.4. The van der Waals surface area contributed by atoms with Crippen LogP contribution in [0.15, 0.2) is 23.3 Å². The van der Waals surface area contributed by atoms with E-state index in [4.69, 9.17) is 4.74 Å². The van der Waals surface area contributed by atoms with Crippen molar-refractivity contribution in [3.05, 3.63) is 23.3 Å². The Morgan fingerprint density at radius 3 is 2.30 bits per heavy atom. The molecule has 0 radical (unpaired) electrons. The lowest BCUT2D eigenvalue weighted by Gasteiger charge is -2.32. The second kappa shape index (κ2) is 6.64. The Kier molecular flexibility index (Phi) is 5.43. The van der Waals surface area contributed by atoms with E-state index in [9.17, 15) is 14.4 Å². The third-order valence-electron chi connectivity index (χ3n) is 3.44. The topological polar surface area (TPSA) is 60.4 Å². The van der Waals surface area contributed by atoms with Crippen LogP contribution in [0.3, 0.4) is 0 Å². The van der Waals surface area contributed by atoms with E-state index in [1.165, 1.54) is 13.0 Å². The third kappa shape index (κ3) is 3.44. The fourth-order valence-corrected chi connectivity index (χ4v) is 2.71. The molecule has 3 atom stereocenters. The van der Waals surface area contributed by atoms with E-state index in [1.54, 1.807) is 13.8 Å². The first kappa shape index (κ1) is 16.3. The first-order valence-electron chi connectivity index (χ1n) is 6.83. The monoisotopic (exact) mass is 278 g/mol. The second-order valence-electron chi connectivity index (χ2n) is 5.43. The van der Waals surface area contributed by atoms with Gasteiger partial charge in [0, 0.05) is 5.92 Å². The minimum absolute atomic E-state index is 0.212. The summed E-state index contributed by atoms with van der Waals surface area (Å²) in [6.45, 7) is 8.92. The van der Waals surface area contributed by atoms with Gasteiger partial charge in [-0.05, 0) is 40.7 Å². The number of carbonyl (C=O) groups excluding carboxylic acids is 3. The fraction of sp³-hybridized carbons (Fsp3) is 0.562. The maximum absolute atomic E-state index is 12.2. The molecule has 0 fully saturated rings. The van der Waals surface area contributed by atoms with Gasteiger partial charge >= 0.3 is 5.97 Å². The average Bonchev–Trinajstić information content (AvgIpc) is 2.26. The number of rotatable bonds is 4. The van der Waals surface area contributed by atoms with Gasteiger partial charge in [0.1, 0.15) is 5.78 Å². The molecular weight excluding hydrogens is 256 g/mol. The molecule has 1 aliphatic rings. The van der Waals surface area contributed by atoms with Crippen molar-refractivity contribution >= 4 is 17.5 Å². The summed E-state index contributed by atoms with van der Waals surface area (Å²) >= 11 is 0. The van der Waals surface area contributed by atoms with Crippen LogP contribution < -0.4 is 0 Å². The molecule has 0 aromatic rings. The quantitative estimate of drug-likeness (QED) is 0.450. The molecule has 0 aromatic carbocycles. The van der Waals surface area contributed by atoms with Crippen molar-refractivity contribution in [2.24, 2.45) is 17.8 Å². The Morgan fingerprint density at radius 1 is 1.25 bits per heavy atom. The first-order chi connectivity index (χ1) is 9.29. The highest BCUT2D eigenvalue weighted by Crippen LogP contribution is 2.36. The SMILES string of the molecule is CCOC(=O)C1C(C)=CC(=O)C(C(C)=O)C1C=C(C)C. The lowest BCUT2D eigenvalue weighted by molar-refractivity contribution is -0.149. The van der Waals surface area contributed by atoms with Gasteiger partial charge in [0.2, 0.25) is 0 Å². The molecule has 0 aromatic heterocycles. The van der Waals surface area contributed by atoms with E-state index in [0.29, 0.717) is 5.57 Å². The Hall–Kier alpha value is -1.71. The van der Waals surface area contributed by atoms with Gasteiger partial charge < -0.3 is 4.74 Å². The van der Waals surface area contributed by atoms with Gasteiger partial charge in [0.05, 0.1) is 18.4 Å². The summed E-state index contributed by atoms with van der Waals surface area (Å²) in [7, 11) is 0. The summed E-state index contributed by atoms with van der Waals surface area (Å²) in [5.41, 5.74) is 1.63. The molecule has 4 heteroatoms. The minimum Gasteiger partial charge on any atom is -0.466 e. The molecule has 1 aliphatic carbocycles. The first-order valence-corrected chi connectivity index (χ1v) is 6.83. The van der Waals surface area contributed by atoms with E-state index in [1.807, 2.05) is 19.9 Å². The van der Waals surface area contributed by atoms with Crippen LogP contribution in [0.2, 0.25) is 0 Å². The van der Waals surface area contributed by atoms with E-state index in [0.717, 1.165) is 5.57 Å². The lowest BCUT2D eigenvalue weighted by atomic mass is 9.69. The molecule has 0 saturated heterocycles. The van der Waals surface area contributed by atoms with Gasteiger partial charge in [-0.1, -0.05) is 17.2 Å². The molecule has 0 amide bonds. The number of ether oxygens (including phenoxy) is 1. The smallest absolute Gasteiger partial charge is 0.313 e. The third-order valence-corrected chi connectivity index (χ3v) is 3.44. The average molecular weight is 278 g/mol. The minimum atomic E-state index is -0.789. The summed E-state index contributed by atoms with van der Waals surface area (Å²) < 4.78 is 5.10. The zero-order valence-corrected chi connectivity index (χ0v) is 12.7. The molecule has 0 N–H and O–H groups in total. The normalized spacial score (nSPS) is 25.8. The Morgan fingerprint density at radius 2 is 1.85 bits per heavy atom. The zero-order valence-electron chi connectivity index (χ0n) is 12.7. The standard InChI is InChI=1S/C16H22O4/c1-6-20-16(19)14-10(4)8-13(18)15(11(5)17)12(14)7-9(2)3/h7-8,12,14-15H,6H2,1-5H3. The van der Waals surface area contributed by atoms with Crippen molar-refractivity contribution in [3.63, 3.8) is 0 Å². The molecule has 110 valence electrons. The lowest BCUT2D eigenvalue weighted by Crippen LogP contribution is -2.41. The number of allylic oxidation sites excluding steroid dienone is 3. The van der Waals surface area contributed by atoms with Crippen molar-refractivity contribution < 1.29 is 19.1 Å². The highest BCUT2D eigenvalue weighted by Gasteiger charge is 2.43. The molecule has 4 nitrogen and oxygen atoms in total. The van der Waals surface area contributed by atoms with E-state index >= 15 is 0 Å². The predicted octanol–water partition coefficient (Wildman–Crippen LogP) is 2.48. The number of esters is 1. The molecule has 0 spiro atoms. The summed E-state index contributed by atoms with van der Waals surface area (Å²) in [6, 6.07) is 0. The van der Waals surface area contributed by atoms with Crippen molar-refractivity contribution in [2.45, 2.75) is 34.6 Å².